The van der Waals surface area contributed by atoms with Crippen molar-refractivity contribution < 1.29 is 22.9 Å². The molecule has 3 rings (SSSR count). The van der Waals surface area contributed by atoms with E-state index in [0.717, 1.165) is 28.1 Å². The van der Waals surface area contributed by atoms with Gasteiger partial charge in [0.25, 0.3) is 15.7 Å². The molecule has 178 valence electrons. The molecule has 0 saturated heterocycles. The quantitative estimate of drug-likeness (QED) is 0.253. The standard InChI is InChI=1S/C24H25N3O6S/c1-33-22-14-12-19(13-15-22)7-6-16-25-24(28)18-26(20-8-5-9-21(17-20)27(29)30)34(31,32)23-10-3-2-4-11-23/h2-5,8-15,17H,6-7,16,18H2,1H3,(H,25,28). The van der Waals surface area contributed by atoms with Crippen LogP contribution >= 0.6 is 0 Å². The van der Waals surface area contributed by atoms with Crippen LogP contribution in [0.3, 0.4) is 0 Å². The molecule has 9 nitrogen and oxygen atoms in total. The van der Waals surface area contributed by atoms with Gasteiger partial charge in [0, 0.05) is 18.7 Å². The van der Waals surface area contributed by atoms with Gasteiger partial charge >= 0.3 is 0 Å². The SMILES string of the molecule is COc1ccc(CCCNC(=O)CN(c2cccc([N+](=O)[O-])c2)S(=O)(=O)c2ccccc2)cc1. The van der Waals surface area contributed by atoms with Crippen LogP contribution in [0.1, 0.15) is 12.0 Å². The minimum Gasteiger partial charge on any atom is -0.497 e. The van der Waals surface area contributed by atoms with E-state index in [-0.39, 0.29) is 16.3 Å². The van der Waals surface area contributed by atoms with E-state index in [1.165, 1.54) is 30.3 Å². The van der Waals surface area contributed by atoms with Gasteiger partial charge in [0.1, 0.15) is 12.3 Å². The number of hydrogen-bond donors (Lipinski definition) is 1. The van der Waals surface area contributed by atoms with Gasteiger partial charge < -0.3 is 10.1 Å². The summed E-state index contributed by atoms with van der Waals surface area (Å²) in [5.74, 6) is 0.249. The summed E-state index contributed by atoms with van der Waals surface area (Å²) < 4.78 is 32.6. The molecule has 0 atom stereocenters. The van der Waals surface area contributed by atoms with Crippen molar-refractivity contribution in [2.24, 2.45) is 0 Å². The van der Waals surface area contributed by atoms with E-state index in [4.69, 9.17) is 4.74 Å². The summed E-state index contributed by atoms with van der Waals surface area (Å²) in [6.07, 6.45) is 1.38. The molecule has 0 aliphatic rings. The second-order valence-corrected chi connectivity index (χ2v) is 9.27. The second-order valence-electron chi connectivity index (χ2n) is 7.40. The average molecular weight is 484 g/mol. The number of amides is 1. The van der Waals surface area contributed by atoms with Gasteiger partial charge in [-0.15, -0.1) is 0 Å². The molecule has 3 aromatic carbocycles. The molecule has 10 heteroatoms. The first-order valence-electron chi connectivity index (χ1n) is 10.5. The zero-order valence-corrected chi connectivity index (χ0v) is 19.4. The molecule has 0 bridgehead atoms. The number of aryl methyl sites for hydroxylation is 1. The molecule has 0 aromatic heterocycles. The molecule has 0 saturated carbocycles. The first-order valence-corrected chi connectivity index (χ1v) is 12.0. The fraction of sp³-hybridized carbons (Fsp3) is 0.208. The van der Waals surface area contributed by atoms with Crippen LogP contribution in [-0.4, -0.2) is 39.4 Å². The van der Waals surface area contributed by atoms with E-state index in [0.29, 0.717) is 13.0 Å². The van der Waals surface area contributed by atoms with E-state index < -0.39 is 27.4 Å². The van der Waals surface area contributed by atoms with Crippen molar-refractivity contribution in [1.82, 2.24) is 5.32 Å². The zero-order valence-electron chi connectivity index (χ0n) is 18.6. The summed E-state index contributed by atoms with van der Waals surface area (Å²) in [6.45, 7) is -0.167. The van der Waals surface area contributed by atoms with Crippen molar-refractivity contribution >= 4 is 27.3 Å². The van der Waals surface area contributed by atoms with E-state index >= 15 is 0 Å². The van der Waals surface area contributed by atoms with Crippen molar-refractivity contribution in [3.63, 3.8) is 0 Å². The Morgan fingerprint density at radius 3 is 2.38 bits per heavy atom. The van der Waals surface area contributed by atoms with Crippen molar-refractivity contribution in [3.05, 3.63) is 94.5 Å². The molecule has 0 heterocycles. The van der Waals surface area contributed by atoms with Gasteiger partial charge in [-0.25, -0.2) is 8.42 Å². The zero-order chi connectivity index (χ0) is 24.6. The molecule has 3 aromatic rings. The summed E-state index contributed by atoms with van der Waals surface area (Å²) in [7, 11) is -2.54. The number of anilines is 1. The first kappa shape index (κ1) is 24.7. The number of sulfonamides is 1. The second kappa shape index (κ2) is 11.3. The van der Waals surface area contributed by atoms with Gasteiger partial charge in [-0.1, -0.05) is 36.4 Å². The number of methoxy groups -OCH3 is 1. The Morgan fingerprint density at radius 1 is 1.03 bits per heavy atom. The number of rotatable bonds is 11. The highest BCUT2D eigenvalue weighted by Gasteiger charge is 2.28. The van der Waals surface area contributed by atoms with Gasteiger partial charge in [-0.3, -0.25) is 19.2 Å². The lowest BCUT2D eigenvalue weighted by molar-refractivity contribution is -0.384. The molecule has 0 aliphatic carbocycles. The fourth-order valence-corrected chi connectivity index (χ4v) is 4.73. The maximum Gasteiger partial charge on any atom is 0.271 e. The minimum absolute atomic E-state index is 0.0196. The average Bonchev–Trinajstić information content (AvgIpc) is 2.86. The number of ether oxygens (including phenoxy) is 1. The van der Waals surface area contributed by atoms with Crippen LogP contribution in [0, 0.1) is 10.1 Å². The van der Waals surface area contributed by atoms with E-state index in [9.17, 15) is 23.3 Å². The minimum atomic E-state index is -4.13. The molecule has 0 fully saturated rings. The number of nitrogens with zero attached hydrogens (tertiary/aromatic N) is 2. The molecule has 0 radical (unpaired) electrons. The molecule has 1 N–H and O–H groups in total. The van der Waals surface area contributed by atoms with Gasteiger partial charge in [-0.2, -0.15) is 0 Å². The Labute approximate surface area is 198 Å². The Balaban J connectivity index is 1.71. The van der Waals surface area contributed by atoms with Crippen LogP contribution in [0.4, 0.5) is 11.4 Å². The van der Waals surface area contributed by atoms with E-state index in [1.54, 1.807) is 25.3 Å². The Bertz CT molecular complexity index is 1230. The summed E-state index contributed by atoms with van der Waals surface area (Å²) in [5.41, 5.74) is 0.844. The lowest BCUT2D eigenvalue weighted by Gasteiger charge is -2.24. The number of nitro groups is 1. The predicted octanol–water partition coefficient (Wildman–Crippen LogP) is 3.55. The topological polar surface area (TPSA) is 119 Å². The van der Waals surface area contributed by atoms with Crippen molar-refractivity contribution in [3.8, 4) is 5.75 Å². The highest BCUT2D eigenvalue weighted by molar-refractivity contribution is 7.92. The van der Waals surface area contributed by atoms with Gasteiger partial charge in [-0.05, 0) is 48.7 Å². The van der Waals surface area contributed by atoms with Gasteiger partial charge in [0.2, 0.25) is 5.91 Å². The fourth-order valence-electron chi connectivity index (χ4n) is 3.30. The summed E-state index contributed by atoms with van der Waals surface area (Å²) in [5, 5.41) is 13.9. The summed E-state index contributed by atoms with van der Waals surface area (Å²) >= 11 is 0. The Hall–Kier alpha value is -3.92. The monoisotopic (exact) mass is 483 g/mol. The normalized spacial score (nSPS) is 11.0. The largest absolute Gasteiger partial charge is 0.497 e. The maximum atomic E-state index is 13.3. The number of carbonyl (C=O) groups is 1. The summed E-state index contributed by atoms with van der Waals surface area (Å²) in [4.78, 5) is 23.2. The number of non-ortho nitro benzene ring substituents is 1. The lowest BCUT2D eigenvalue weighted by Crippen LogP contribution is -2.41. The van der Waals surface area contributed by atoms with E-state index in [1.807, 2.05) is 24.3 Å². The number of nitrogens with one attached hydrogen (secondary N) is 1. The van der Waals surface area contributed by atoms with Crippen LogP contribution in [0.15, 0.2) is 83.8 Å². The molecule has 0 spiro atoms. The van der Waals surface area contributed by atoms with Crippen LogP contribution in [-0.2, 0) is 21.2 Å². The number of nitro benzene ring substituents is 1. The van der Waals surface area contributed by atoms with Crippen LogP contribution in [0.25, 0.3) is 0 Å². The predicted molar refractivity (Wildman–Crippen MR) is 128 cm³/mol. The van der Waals surface area contributed by atoms with Gasteiger partial charge in [0.05, 0.1) is 22.6 Å². The maximum absolute atomic E-state index is 13.3. The highest BCUT2D eigenvalue weighted by Crippen LogP contribution is 2.26. The first-order chi connectivity index (χ1) is 16.3. The number of hydrogen-bond acceptors (Lipinski definition) is 6. The van der Waals surface area contributed by atoms with Gasteiger partial charge in [0.15, 0.2) is 0 Å². The molecule has 0 unspecified atom stereocenters. The van der Waals surface area contributed by atoms with Crippen molar-refractivity contribution in [2.75, 3.05) is 24.5 Å². The van der Waals surface area contributed by atoms with Crippen molar-refractivity contribution in [2.45, 2.75) is 17.7 Å². The molecule has 34 heavy (non-hydrogen) atoms. The molecular formula is C24H25N3O6S. The molecule has 1 amide bonds. The smallest absolute Gasteiger partial charge is 0.271 e. The molecular weight excluding hydrogens is 458 g/mol. The van der Waals surface area contributed by atoms with E-state index in [2.05, 4.69) is 5.32 Å². The third-order valence-electron chi connectivity index (χ3n) is 5.07. The third-order valence-corrected chi connectivity index (χ3v) is 6.86. The highest BCUT2D eigenvalue weighted by atomic mass is 32.2. The van der Waals surface area contributed by atoms with Crippen LogP contribution < -0.4 is 14.4 Å². The summed E-state index contributed by atoms with van der Waals surface area (Å²) in [6, 6.07) is 20.4. The number of benzene rings is 3. The Morgan fingerprint density at radius 2 is 1.74 bits per heavy atom. The van der Waals surface area contributed by atoms with Crippen LogP contribution in [0.5, 0.6) is 5.75 Å². The Kier molecular flexibility index (Phi) is 8.20. The number of carbonyl (C=O) groups excluding carboxylic acids is 1. The lowest BCUT2D eigenvalue weighted by atomic mass is 10.1. The van der Waals surface area contributed by atoms with Crippen molar-refractivity contribution in [1.29, 1.82) is 0 Å². The molecule has 0 aliphatic heterocycles. The third kappa shape index (κ3) is 6.32. The van der Waals surface area contributed by atoms with Crippen LogP contribution in [0.2, 0.25) is 0 Å².